The SMILES string of the molecule is C=C(CC)C(=O)OC.N.O=S(=O)(O)O. The van der Waals surface area contributed by atoms with E-state index in [-0.39, 0.29) is 12.1 Å². The molecule has 0 aromatic carbocycles. The summed E-state index contributed by atoms with van der Waals surface area (Å²) in [6.45, 7) is 5.33. The van der Waals surface area contributed by atoms with Crippen molar-refractivity contribution in [3.05, 3.63) is 12.2 Å². The van der Waals surface area contributed by atoms with Crippen molar-refractivity contribution >= 4 is 16.4 Å². The third-order valence-corrected chi connectivity index (χ3v) is 0.901. The van der Waals surface area contributed by atoms with Crippen LogP contribution < -0.4 is 6.15 Å². The number of carbonyl (C=O) groups is 1. The van der Waals surface area contributed by atoms with Gasteiger partial charge in [-0.1, -0.05) is 13.5 Å². The second-order valence-electron chi connectivity index (χ2n) is 1.90. The fourth-order valence-corrected chi connectivity index (χ4v) is 0.289. The van der Waals surface area contributed by atoms with Crippen LogP contribution in [0.4, 0.5) is 0 Å². The van der Waals surface area contributed by atoms with Gasteiger partial charge in [0.2, 0.25) is 0 Å². The Morgan fingerprint density at radius 2 is 1.71 bits per heavy atom. The van der Waals surface area contributed by atoms with E-state index in [1.54, 1.807) is 0 Å². The van der Waals surface area contributed by atoms with E-state index >= 15 is 0 Å². The number of hydrogen-bond acceptors (Lipinski definition) is 5. The maximum atomic E-state index is 10.4. The smallest absolute Gasteiger partial charge is 0.394 e. The van der Waals surface area contributed by atoms with Crippen LogP contribution in [0, 0.1) is 0 Å². The molecule has 0 atom stereocenters. The Bertz CT molecular complexity index is 248. The average molecular weight is 229 g/mol. The van der Waals surface area contributed by atoms with E-state index in [1.165, 1.54) is 7.11 Å². The molecular formula is C6H15NO6S. The Balaban J connectivity index is -0.000000177. The summed E-state index contributed by atoms with van der Waals surface area (Å²) in [4.78, 5) is 10.4. The molecule has 0 saturated carbocycles. The zero-order valence-electron chi connectivity index (χ0n) is 8.06. The predicted molar refractivity (Wildman–Crippen MR) is 50.6 cm³/mol. The summed E-state index contributed by atoms with van der Waals surface area (Å²) in [5, 5.41) is 0. The number of carbonyl (C=O) groups excluding carboxylic acids is 1. The van der Waals surface area contributed by atoms with Gasteiger partial charge in [-0.05, 0) is 6.42 Å². The van der Waals surface area contributed by atoms with Crippen molar-refractivity contribution in [1.29, 1.82) is 0 Å². The highest BCUT2D eigenvalue weighted by Crippen LogP contribution is 1.96. The van der Waals surface area contributed by atoms with E-state index in [0.717, 1.165) is 0 Å². The molecule has 0 bridgehead atoms. The molecule has 0 radical (unpaired) electrons. The molecule has 0 aliphatic carbocycles. The lowest BCUT2D eigenvalue weighted by Crippen LogP contribution is -2.01. The van der Waals surface area contributed by atoms with Gasteiger partial charge in [0.1, 0.15) is 0 Å². The quantitative estimate of drug-likeness (QED) is 0.359. The van der Waals surface area contributed by atoms with E-state index in [4.69, 9.17) is 17.5 Å². The summed E-state index contributed by atoms with van der Waals surface area (Å²) in [5.74, 6) is -0.312. The zero-order valence-corrected chi connectivity index (χ0v) is 8.87. The van der Waals surface area contributed by atoms with Crippen molar-refractivity contribution in [3.63, 3.8) is 0 Å². The van der Waals surface area contributed by atoms with Crippen LogP contribution in [0.2, 0.25) is 0 Å². The molecule has 0 aromatic rings. The van der Waals surface area contributed by atoms with Crippen LogP contribution in [0.25, 0.3) is 0 Å². The summed E-state index contributed by atoms with van der Waals surface area (Å²) >= 11 is 0. The van der Waals surface area contributed by atoms with Crippen LogP contribution in [-0.4, -0.2) is 30.6 Å². The molecule has 0 amide bonds. The van der Waals surface area contributed by atoms with Crippen LogP contribution in [0.5, 0.6) is 0 Å². The van der Waals surface area contributed by atoms with Crippen molar-refractivity contribution in [1.82, 2.24) is 6.15 Å². The molecule has 0 rings (SSSR count). The summed E-state index contributed by atoms with van der Waals surface area (Å²) < 4.78 is 35.9. The third kappa shape index (κ3) is 22.5. The number of esters is 1. The van der Waals surface area contributed by atoms with Crippen LogP contribution >= 0.6 is 0 Å². The maximum Gasteiger partial charge on any atom is 0.394 e. The first-order valence-electron chi connectivity index (χ1n) is 3.18. The van der Waals surface area contributed by atoms with Gasteiger partial charge in [-0.25, -0.2) is 4.79 Å². The van der Waals surface area contributed by atoms with E-state index in [9.17, 15) is 4.79 Å². The first-order chi connectivity index (χ1) is 5.72. The van der Waals surface area contributed by atoms with Crippen LogP contribution in [0.15, 0.2) is 12.2 Å². The van der Waals surface area contributed by atoms with E-state index < -0.39 is 10.4 Å². The molecule has 0 aliphatic heterocycles. The first-order valence-corrected chi connectivity index (χ1v) is 4.58. The maximum absolute atomic E-state index is 10.4. The van der Waals surface area contributed by atoms with Crippen LogP contribution in [0.3, 0.4) is 0 Å². The molecule has 86 valence electrons. The minimum Gasteiger partial charge on any atom is -0.466 e. The molecule has 0 heterocycles. The molecule has 0 aliphatic rings. The minimum absolute atomic E-state index is 0. The molecule has 0 unspecified atom stereocenters. The molecule has 7 nitrogen and oxygen atoms in total. The number of methoxy groups -OCH3 is 1. The Morgan fingerprint density at radius 1 is 1.43 bits per heavy atom. The average Bonchev–Trinajstić information content (AvgIpc) is 1.98. The lowest BCUT2D eigenvalue weighted by Gasteiger charge is -1.95. The normalized spacial score (nSPS) is 8.86. The van der Waals surface area contributed by atoms with Crippen LogP contribution in [0.1, 0.15) is 13.3 Å². The molecule has 8 heteroatoms. The van der Waals surface area contributed by atoms with E-state index in [1.807, 2.05) is 6.92 Å². The number of ether oxygens (including phenoxy) is 1. The van der Waals surface area contributed by atoms with Crippen molar-refractivity contribution in [2.45, 2.75) is 13.3 Å². The van der Waals surface area contributed by atoms with Gasteiger partial charge in [0, 0.05) is 5.57 Å². The third-order valence-electron chi connectivity index (χ3n) is 0.901. The minimum atomic E-state index is -4.67. The van der Waals surface area contributed by atoms with Crippen molar-refractivity contribution in [2.75, 3.05) is 7.11 Å². The van der Waals surface area contributed by atoms with Gasteiger partial charge >= 0.3 is 16.4 Å². The largest absolute Gasteiger partial charge is 0.466 e. The van der Waals surface area contributed by atoms with E-state index in [2.05, 4.69) is 11.3 Å². The Morgan fingerprint density at radius 3 is 1.79 bits per heavy atom. The van der Waals surface area contributed by atoms with E-state index in [0.29, 0.717) is 12.0 Å². The summed E-state index contributed by atoms with van der Waals surface area (Å²) in [5.41, 5.74) is 0.521. The molecule has 14 heavy (non-hydrogen) atoms. The fourth-order valence-electron chi connectivity index (χ4n) is 0.289. The van der Waals surface area contributed by atoms with Crippen molar-refractivity contribution < 1.29 is 27.1 Å². The second kappa shape index (κ2) is 8.63. The molecule has 0 aromatic heterocycles. The molecule has 0 fully saturated rings. The standard InChI is InChI=1S/C6H10O2.H3N.H2O4S/c1-4-5(2)6(7)8-3;;1-5(2,3)4/h2,4H2,1,3H3;1H3;(H2,1,2,3,4). The molecule has 5 N–H and O–H groups in total. The molecule has 0 spiro atoms. The van der Waals surface area contributed by atoms with Gasteiger partial charge < -0.3 is 10.9 Å². The van der Waals surface area contributed by atoms with Gasteiger partial charge in [-0.3, -0.25) is 9.11 Å². The second-order valence-corrected chi connectivity index (χ2v) is 2.79. The summed E-state index contributed by atoms with van der Waals surface area (Å²) in [7, 11) is -3.32. The highest BCUT2D eigenvalue weighted by Gasteiger charge is 2.00. The fraction of sp³-hybridized carbons (Fsp3) is 0.500. The topological polar surface area (TPSA) is 136 Å². The van der Waals surface area contributed by atoms with Crippen molar-refractivity contribution in [3.8, 4) is 0 Å². The van der Waals surface area contributed by atoms with Crippen molar-refractivity contribution in [2.24, 2.45) is 0 Å². The van der Waals surface area contributed by atoms with Gasteiger partial charge in [0.15, 0.2) is 0 Å². The predicted octanol–water partition coefficient (Wildman–Crippen LogP) is 0.635. The van der Waals surface area contributed by atoms with Gasteiger partial charge in [0.25, 0.3) is 0 Å². The highest BCUT2D eigenvalue weighted by molar-refractivity contribution is 7.79. The van der Waals surface area contributed by atoms with Crippen LogP contribution in [-0.2, 0) is 19.9 Å². The van der Waals surface area contributed by atoms with Gasteiger partial charge in [-0.15, -0.1) is 0 Å². The number of hydrogen-bond donors (Lipinski definition) is 3. The lowest BCUT2D eigenvalue weighted by molar-refractivity contribution is -0.136. The Labute approximate surface area is 82.9 Å². The summed E-state index contributed by atoms with van der Waals surface area (Å²) in [6, 6.07) is 0. The monoisotopic (exact) mass is 229 g/mol. The van der Waals surface area contributed by atoms with Gasteiger partial charge in [-0.2, -0.15) is 8.42 Å². The lowest BCUT2D eigenvalue weighted by atomic mass is 10.2. The summed E-state index contributed by atoms with van der Waals surface area (Å²) in [6.07, 6.45) is 0.659. The zero-order chi connectivity index (χ0) is 11.1. The Hall–Kier alpha value is -0.960. The van der Waals surface area contributed by atoms with Gasteiger partial charge in [0.05, 0.1) is 7.11 Å². The number of rotatable bonds is 2. The first kappa shape index (κ1) is 18.8. The molecule has 0 saturated heterocycles. The Kier molecular flexibility index (Phi) is 11.6. The highest BCUT2D eigenvalue weighted by atomic mass is 32.3. The molecular weight excluding hydrogens is 214 g/mol.